The number of likely N-dealkylation sites (N-methyl/N-ethyl adjacent to an activating group) is 1. The molecule has 0 aliphatic carbocycles. The summed E-state index contributed by atoms with van der Waals surface area (Å²) in [5.74, 6) is 0.159. The molecule has 2 heteroatoms. The Morgan fingerprint density at radius 1 is 1.11 bits per heavy atom. The fourth-order valence-electron chi connectivity index (χ4n) is 2.79. The van der Waals surface area contributed by atoms with Crippen molar-refractivity contribution in [3.05, 3.63) is 65.2 Å². The van der Waals surface area contributed by atoms with Gasteiger partial charge in [0, 0.05) is 12.7 Å². The molecule has 0 aromatic heterocycles. The van der Waals surface area contributed by atoms with Gasteiger partial charge in [-0.05, 0) is 30.5 Å². The molecule has 1 aliphatic rings. The topological polar surface area (TPSA) is 20.3 Å². The minimum Gasteiger partial charge on any atom is -0.315 e. The lowest BCUT2D eigenvalue weighted by molar-refractivity contribution is -0.119. The first-order chi connectivity index (χ1) is 9.16. The number of carbonyl (C=O) groups is 1. The van der Waals surface area contributed by atoms with Crippen LogP contribution in [0, 0.1) is 6.92 Å². The van der Waals surface area contributed by atoms with Crippen LogP contribution in [0.3, 0.4) is 0 Å². The normalized spacial score (nSPS) is 17.7. The summed E-state index contributed by atoms with van der Waals surface area (Å²) in [6, 6.07) is 16.5. The molecule has 0 radical (unpaired) electrons. The second kappa shape index (κ2) is 4.54. The predicted octanol–water partition coefficient (Wildman–Crippen LogP) is 3.30. The van der Waals surface area contributed by atoms with Gasteiger partial charge in [-0.2, -0.15) is 0 Å². The number of rotatable bonds is 2. The van der Waals surface area contributed by atoms with Gasteiger partial charge in [0.05, 0.1) is 5.92 Å². The maximum Gasteiger partial charge on any atom is 0.234 e. The molecule has 0 bridgehead atoms. The van der Waals surface area contributed by atoms with Gasteiger partial charge >= 0.3 is 0 Å². The molecule has 2 aromatic carbocycles. The van der Waals surface area contributed by atoms with Gasteiger partial charge in [0.25, 0.3) is 0 Å². The average molecular weight is 251 g/mol. The fraction of sp³-hybridized carbons (Fsp3) is 0.235. The molecule has 3 rings (SSSR count). The van der Waals surface area contributed by atoms with Crippen LogP contribution < -0.4 is 4.90 Å². The second-order valence-electron chi connectivity index (χ2n) is 5.20. The summed E-state index contributed by atoms with van der Waals surface area (Å²) in [5.41, 5.74) is 4.64. The first-order valence-corrected chi connectivity index (χ1v) is 6.59. The number of carbonyl (C=O) groups excluding carboxylic acids is 1. The third-order valence-electron chi connectivity index (χ3n) is 3.83. The highest BCUT2D eigenvalue weighted by molar-refractivity contribution is 6.04. The molecule has 19 heavy (non-hydrogen) atoms. The van der Waals surface area contributed by atoms with Crippen LogP contribution in [0.4, 0.5) is 5.69 Å². The maximum atomic E-state index is 12.4. The lowest BCUT2D eigenvalue weighted by Gasteiger charge is -2.11. The molecule has 2 nitrogen and oxygen atoms in total. The van der Waals surface area contributed by atoms with E-state index in [9.17, 15) is 4.79 Å². The Balaban J connectivity index is 1.99. The monoisotopic (exact) mass is 251 g/mol. The first kappa shape index (κ1) is 12.0. The molecule has 0 N–H and O–H groups in total. The molecule has 1 atom stereocenters. The van der Waals surface area contributed by atoms with Crippen molar-refractivity contribution in [2.24, 2.45) is 0 Å². The Morgan fingerprint density at radius 2 is 1.84 bits per heavy atom. The van der Waals surface area contributed by atoms with Crippen LogP contribution in [0.25, 0.3) is 0 Å². The van der Waals surface area contributed by atoms with E-state index in [0.29, 0.717) is 0 Å². The van der Waals surface area contributed by atoms with Gasteiger partial charge in [-0.1, -0.05) is 48.0 Å². The van der Waals surface area contributed by atoms with Crippen LogP contribution in [0.1, 0.15) is 22.6 Å². The molecular formula is C17H17NO. The largest absolute Gasteiger partial charge is 0.315 e. The maximum absolute atomic E-state index is 12.4. The number of benzene rings is 2. The van der Waals surface area contributed by atoms with E-state index in [1.165, 1.54) is 11.1 Å². The van der Waals surface area contributed by atoms with Crippen molar-refractivity contribution in [1.29, 1.82) is 0 Å². The van der Waals surface area contributed by atoms with Crippen molar-refractivity contribution in [1.82, 2.24) is 0 Å². The number of anilines is 1. The van der Waals surface area contributed by atoms with Gasteiger partial charge in [0.2, 0.25) is 5.91 Å². The number of amides is 1. The SMILES string of the molecule is Cc1ccc2c(c1)C(Cc1ccccc1)C(=O)N2C. The van der Waals surface area contributed by atoms with Crippen molar-refractivity contribution in [2.75, 3.05) is 11.9 Å². The number of fused-ring (bicyclic) bond motifs is 1. The Labute approximate surface area is 113 Å². The van der Waals surface area contributed by atoms with Crippen LogP contribution in [-0.4, -0.2) is 13.0 Å². The highest BCUT2D eigenvalue weighted by Gasteiger charge is 2.34. The van der Waals surface area contributed by atoms with E-state index in [1.54, 1.807) is 4.90 Å². The molecule has 2 aromatic rings. The molecular weight excluding hydrogens is 234 g/mol. The summed E-state index contributed by atoms with van der Waals surface area (Å²) < 4.78 is 0. The number of hydrogen-bond donors (Lipinski definition) is 0. The van der Waals surface area contributed by atoms with Gasteiger partial charge in [-0.3, -0.25) is 4.79 Å². The summed E-state index contributed by atoms with van der Waals surface area (Å²) in [6.07, 6.45) is 0.778. The Kier molecular flexibility index (Phi) is 2.86. The number of nitrogens with zero attached hydrogens (tertiary/aromatic N) is 1. The molecule has 0 saturated heterocycles. The zero-order valence-corrected chi connectivity index (χ0v) is 11.3. The van der Waals surface area contributed by atoms with Crippen molar-refractivity contribution in [3.63, 3.8) is 0 Å². The summed E-state index contributed by atoms with van der Waals surface area (Å²) >= 11 is 0. The molecule has 0 spiro atoms. The summed E-state index contributed by atoms with van der Waals surface area (Å²) in [7, 11) is 1.86. The van der Waals surface area contributed by atoms with Gasteiger partial charge < -0.3 is 4.90 Å². The van der Waals surface area contributed by atoms with E-state index >= 15 is 0 Å². The molecule has 0 saturated carbocycles. The fourth-order valence-corrected chi connectivity index (χ4v) is 2.79. The molecule has 1 aliphatic heterocycles. The van der Waals surface area contributed by atoms with E-state index < -0.39 is 0 Å². The van der Waals surface area contributed by atoms with E-state index in [-0.39, 0.29) is 11.8 Å². The first-order valence-electron chi connectivity index (χ1n) is 6.59. The van der Waals surface area contributed by atoms with Crippen molar-refractivity contribution < 1.29 is 4.79 Å². The highest BCUT2D eigenvalue weighted by atomic mass is 16.2. The molecule has 1 unspecified atom stereocenters. The Hall–Kier alpha value is -2.09. The molecule has 1 amide bonds. The summed E-state index contributed by atoms with van der Waals surface area (Å²) in [5, 5.41) is 0. The van der Waals surface area contributed by atoms with E-state index in [4.69, 9.17) is 0 Å². The summed E-state index contributed by atoms with van der Waals surface area (Å²) in [4.78, 5) is 14.2. The minimum atomic E-state index is -0.0395. The molecule has 96 valence electrons. The zero-order chi connectivity index (χ0) is 13.4. The highest BCUT2D eigenvalue weighted by Crippen LogP contribution is 2.38. The zero-order valence-electron chi connectivity index (χ0n) is 11.3. The van der Waals surface area contributed by atoms with Crippen LogP contribution in [0.15, 0.2) is 48.5 Å². The van der Waals surface area contributed by atoms with Gasteiger partial charge in [0.1, 0.15) is 0 Å². The predicted molar refractivity (Wildman–Crippen MR) is 77.5 cm³/mol. The van der Waals surface area contributed by atoms with Gasteiger partial charge in [0.15, 0.2) is 0 Å². The van der Waals surface area contributed by atoms with Gasteiger partial charge in [-0.25, -0.2) is 0 Å². The smallest absolute Gasteiger partial charge is 0.234 e. The van der Waals surface area contributed by atoms with Crippen molar-refractivity contribution in [3.8, 4) is 0 Å². The standard InChI is InChI=1S/C17H17NO/c1-12-8-9-16-14(10-12)15(17(19)18(16)2)11-13-6-4-3-5-7-13/h3-10,15H,11H2,1-2H3. The number of hydrogen-bond acceptors (Lipinski definition) is 1. The van der Waals surface area contributed by atoms with E-state index in [0.717, 1.165) is 17.7 Å². The lowest BCUT2D eigenvalue weighted by Crippen LogP contribution is -2.24. The lowest BCUT2D eigenvalue weighted by atomic mass is 9.92. The Bertz CT molecular complexity index is 618. The Morgan fingerprint density at radius 3 is 2.58 bits per heavy atom. The van der Waals surface area contributed by atoms with Crippen LogP contribution in [0.5, 0.6) is 0 Å². The van der Waals surface area contributed by atoms with Crippen LogP contribution in [-0.2, 0) is 11.2 Å². The number of aryl methyl sites for hydroxylation is 1. The van der Waals surface area contributed by atoms with E-state index in [1.807, 2.05) is 31.3 Å². The van der Waals surface area contributed by atoms with Gasteiger partial charge in [-0.15, -0.1) is 0 Å². The second-order valence-corrected chi connectivity index (χ2v) is 5.20. The van der Waals surface area contributed by atoms with Crippen molar-refractivity contribution in [2.45, 2.75) is 19.3 Å². The summed E-state index contributed by atoms with van der Waals surface area (Å²) in [6.45, 7) is 2.07. The van der Waals surface area contributed by atoms with Crippen LogP contribution >= 0.6 is 0 Å². The quantitative estimate of drug-likeness (QED) is 0.802. The van der Waals surface area contributed by atoms with E-state index in [2.05, 4.69) is 31.2 Å². The average Bonchev–Trinajstić information content (AvgIpc) is 2.65. The molecule has 0 fully saturated rings. The third-order valence-corrected chi connectivity index (χ3v) is 3.83. The molecule has 1 heterocycles. The third kappa shape index (κ3) is 2.03. The minimum absolute atomic E-state index is 0.0395. The van der Waals surface area contributed by atoms with Crippen LogP contribution in [0.2, 0.25) is 0 Å². The van der Waals surface area contributed by atoms with Crippen molar-refractivity contribution >= 4 is 11.6 Å².